The van der Waals surface area contributed by atoms with Gasteiger partial charge in [-0.15, -0.1) is 4.91 Å². The van der Waals surface area contributed by atoms with Gasteiger partial charge in [0.05, 0.1) is 5.69 Å². The SMILES string of the molecule is CCN1CCN(c2cccc(F)c2N=O)CC1. The molecular formula is C12H16FN3O. The average molecular weight is 237 g/mol. The molecule has 1 saturated heterocycles. The van der Waals surface area contributed by atoms with Gasteiger partial charge in [-0.1, -0.05) is 13.0 Å². The van der Waals surface area contributed by atoms with Crippen molar-refractivity contribution in [1.82, 2.24) is 4.90 Å². The molecule has 1 fully saturated rings. The van der Waals surface area contributed by atoms with Gasteiger partial charge in [0.25, 0.3) is 0 Å². The molecule has 0 spiro atoms. The van der Waals surface area contributed by atoms with Crippen molar-refractivity contribution < 1.29 is 4.39 Å². The van der Waals surface area contributed by atoms with Crippen LogP contribution in [0, 0.1) is 10.7 Å². The average Bonchev–Trinajstić information content (AvgIpc) is 2.38. The molecule has 92 valence electrons. The molecule has 2 rings (SSSR count). The third kappa shape index (κ3) is 2.44. The van der Waals surface area contributed by atoms with Crippen LogP contribution in [0.25, 0.3) is 0 Å². The molecular weight excluding hydrogens is 221 g/mol. The predicted octanol–water partition coefficient (Wildman–Crippen LogP) is 2.37. The summed E-state index contributed by atoms with van der Waals surface area (Å²) in [5.74, 6) is -0.546. The molecule has 1 aliphatic rings. The van der Waals surface area contributed by atoms with Gasteiger partial charge in [0.15, 0.2) is 11.5 Å². The summed E-state index contributed by atoms with van der Waals surface area (Å²) in [6, 6.07) is 4.63. The molecule has 1 aliphatic heterocycles. The van der Waals surface area contributed by atoms with Crippen LogP contribution in [0.4, 0.5) is 15.8 Å². The summed E-state index contributed by atoms with van der Waals surface area (Å²) in [5, 5.41) is 2.80. The van der Waals surface area contributed by atoms with E-state index >= 15 is 0 Å². The zero-order valence-corrected chi connectivity index (χ0v) is 9.90. The van der Waals surface area contributed by atoms with E-state index in [0.29, 0.717) is 5.69 Å². The summed E-state index contributed by atoms with van der Waals surface area (Å²) in [6.07, 6.45) is 0. The van der Waals surface area contributed by atoms with Gasteiger partial charge in [0.1, 0.15) is 0 Å². The van der Waals surface area contributed by atoms with Crippen LogP contribution in [-0.2, 0) is 0 Å². The number of anilines is 1. The molecule has 0 atom stereocenters. The molecule has 5 heteroatoms. The second-order valence-corrected chi connectivity index (χ2v) is 4.12. The van der Waals surface area contributed by atoms with Crippen LogP contribution in [0.5, 0.6) is 0 Å². The van der Waals surface area contributed by atoms with Crippen LogP contribution >= 0.6 is 0 Å². The number of hydrogen-bond donors (Lipinski definition) is 0. The van der Waals surface area contributed by atoms with E-state index < -0.39 is 5.82 Å². The predicted molar refractivity (Wildman–Crippen MR) is 66.2 cm³/mol. The smallest absolute Gasteiger partial charge is 0.166 e. The van der Waals surface area contributed by atoms with Gasteiger partial charge >= 0.3 is 0 Å². The normalized spacial score (nSPS) is 17.2. The molecule has 4 nitrogen and oxygen atoms in total. The van der Waals surface area contributed by atoms with Crippen molar-refractivity contribution in [2.24, 2.45) is 5.18 Å². The quantitative estimate of drug-likeness (QED) is 0.757. The van der Waals surface area contributed by atoms with Crippen molar-refractivity contribution in [3.8, 4) is 0 Å². The summed E-state index contributed by atoms with van der Waals surface area (Å²) >= 11 is 0. The topological polar surface area (TPSA) is 35.9 Å². The lowest BCUT2D eigenvalue weighted by Crippen LogP contribution is -2.46. The van der Waals surface area contributed by atoms with Gasteiger partial charge < -0.3 is 9.80 Å². The van der Waals surface area contributed by atoms with E-state index in [0.717, 1.165) is 32.7 Å². The first-order chi connectivity index (χ1) is 8.26. The number of piperazine rings is 1. The molecule has 1 aromatic carbocycles. The number of nitroso groups, excluding NO2 is 1. The van der Waals surface area contributed by atoms with Gasteiger partial charge in [-0.05, 0) is 23.9 Å². The number of rotatable bonds is 3. The molecule has 0 aliphatic carbocycles. The van der Waals surface area contributed by atoms with Crippen molar-refractivity contribution in [3.63, 3.8) is 0 Å². The second-order valence-electron chi connectivity index (χ2n) is 4.12. The fourth-order valence-corrected chi connectivity index (χ4v) is 2.15. The molecule has 0 aromatic heterocycles. The minimum atomic E-state index is -0.546. The van der Waals surface area contributed by atoms with E-state index in [1.165, 1.54) is 6.07 Å². The summed E-state index contributed by atoms with van der Waals surface area (Å²) in [5.41, 5.74) is 0.535. The first-order valence-corrected chi connectivity index (χ1v) is 5.85. The number of benzene rings is 1. The molecule has 17 heavy (non-hydrogen) atoms. The monoisotopic (exact) mass is 237 g/mol. The van der Waals surface area contributed by atoms with E-state index in [-0.39, 0.29) is 5.69 Å². The summed E-state index contributed by atoms with van der Waals surface area (Å²) in [6.45, 7) is 6.63. The van der Waals surface area contributed by atoms with Gasteiger partial charge in [-0.3, -0.25) is 0 Å². The minimum Gasteiger partial charge on any atom is -0.367 e. The van der Waals surface area contributed by atoms with Crippen LogP contribution in [0.15, 0.2) is 23.4 Å². The lowest BCUT2D eigenvalue weighted by Gasteiger charge is -2.35. The zero-order valence-electron chi connectivity index (χ0n) is 9.90. The largest absolute Gasteiger partial charge is 0.367 e. The molecule has 0 unspecified atom stereocenters. The van der Waals surface area contributed by atoms with Crippen molar-refractivity contribution >= 4 is 11.4 Å². The van der Waals surface area contributed by atoms with E-state index in [1.54, 1.807) is 12.1 Å². The van der Waals surface area contributed by atoms with Crippen LogP contribution < -0.4 is 4.90 Å². The van der Waals surface area contributed by atoms with Crippen LogP contribution in [-0.4, -0.2) is 37.6 Å². The van der Waals surface area contributed by atoms with Crippen LogP contribution in [0.1, 0.15) is 6.92 Å². The van der Waals surface area contributed by atoms with E-state index in [4.69, 9.17) is 0 Å². The van der Waals surface area contributed by atoms with Gasteiger partial charge in [-0.25, -0.2) is 4.39 Å². The highest BCUT2D eigenvalue weighted by molar-refractivity contribution is 5.67. The first-order valence-electron chi connectivity index (χ1n) is 5.85. The van der Waals surface area contributed by atoms with Crippen molar-refractivity contribution in [2.75, 3.05) is 37.6 Å². The van der Waals surface area contributed by atoms with Gasteiger partial charge in [-0.2, -0.15) is 0 Å². The lowest BCUT2D eigenvalue weighted by atomic mass is 10.2. The number of halogens is 1. The van der Waals surface area contributed by atoms with Gasteiger partial charge in [0, 0.05) is 26.2 Å². The molecule has 0 N–H and O–H groups in total. The van der Waals surface area contributed by atoms with E-state index in [1.807, 2.05) is 4.90 Å². The summed E-state index contributed by atoms with van der Waals surface area (Å²) in [7, 11) is 0. The second kappa shape index (κ2) is 5.23. The summed E-state index contributed by atoms with van der Waals surface area (Å²) in [4.78, 5) is 15.0. The molecule has 0 radical (unpaired) electrons. The number of hydrogen-bond acceptors (Lipinski definition) is 4. The maximum atomic E-state index is 13.4. The minimum absolute atomic E-state index is 0.0718. The van der Waals surface area contributed by atoms with Crippen LogP contribution in [0.3, 0.4) is 0 Å². The fourth-order valence-electron chi connectivity index (χ4n) is 2.15. The van der Waals surface area contributed by atoms with Crippen molar-refractivity contribution in [2.45, 2.75) is 6.92 Å². The Morgan fingerprint density at radius 3 is 2.59 bits per heavy atom. The Bertz CT molecular complexity index is 403. The Labute approximate surface area is 100.0 Å². The molecule has 0 amide bonds. The molecule has 0 bridgehead atoms. The summed E-state index contributed by atoms with van der Waals surface area (Å²) < 4.78 is 13.4. The van der Waals surface area contributed by atoms with E-state index in [9.17, 15) is 9.30 Å². The van der Waals surface area contributed by atoms with Crippen molar-refractivity contribution in [3.05, 3.63) is 28.9 Å². The lowest BCUT2D eigenvalue weighted by molar-refractivity contribution is 0.271. The highest BCUT2D eigenvalue weighted by Crippen LogP contribution is 2.31. The molecule has 1 aromatic rings. The Morgan fingerprint density at radius 1 is 1.29 bits per heavy atom. The Hall–Kier alpha value is -1.49. The highest BCUT2D eigenvalue weighted by Gasteiger charge is 2.20. The fraction of sp³-hybridized carbons (Fsp3) is 0.500. The Morgan fingerprint density at radius 2 is 2.00 bits per heavy atom. The standard InChI is InChI=1S/C12H16FN3O/c1-2-15-6-8-16(9-7-15)11-5-3-4-10(13)12(11)14-17/h3-5H,2,6-9H2,1H3. The Balaban J connectivity index is 2.18. The highest BCUT2D eigenvalue weighted by atomic mass is 19.1. The van der Waals surface area contributed by atoms with Crippen molar-refractivity contribution in [1.29, 1.82) is 0 Å². The third-order valence-corrected chi connectivity index (χ3v) is 3.22. The molecule has 0 saturated carbocycles. The maximum Gasteiger partial charge on any atom is 0.166 e. The Kier molecular flexibility index (Phi) is 3.68. The zero-order chi connectivity index (χ0) is 12.3. The number of nitrogens with zero attached hydrogens (tertiary/aromatic N) is 3. The van der Waals surface area contributed by atoms with E-state index in [2.05, 4.69) is 17.0 Å². The molecule has 1 heterocycles. The third-order valence-electron chi connectivity index (χ3n) is 3.22. The van der Waals surface area contributed by atoms with Crippen LogP contribution in [0.2, 0.25) is 0 Å². The number of likely N-dealkylation sites (N-methyl/N-ethyl adjacent to an activating group) is 1. The first kappa shape index (κ1) is 12.0. The van der Waals surface area contributed by atoms with Gasteiger partial charge in [0.2, 0.25) is 0 Å². The maximum absolute atomic E-state index is 13.4.